The number of rotatable bonds is 9. The van der Waals surface area contributed by atoms with Crippen molar-refractivity contribution in [2.24, 2.45) is 0 Å². The number of pyridine rings is 1. The smallest absolute Gasteiger partial charge is 0.251 e. The number of nitrogens with zero attached hydrogens (tertiary/aromatic N) is 1. The highest BCUT2D eigenvalue weighted by Gasteiger charge is 2.16. The third-order valence-electron chi connectivity index (χ3n) is 4.10. The predicted octanol–water partition coefficient (Wildman–Crippen LogP) is 3.41. The van der Waals surface area contributed by atoms with E-state index in [1.165, 1.54) is 54.7 Å². The second kappa shape index (κ2) is 9.96. The van der Waals surface area contributed by atoms with Gasteiger partial charge < -0.3 is 10.1 Å². The second-order valence-electron chi connectivity index (χ2n) is 6.42. The standard InChI is InChI=1S/C22H20FN3O4S/c1-2-11-24-22(27)17-5-3-8-20(12-17)31(28,29)26-15-16-9-10-21(25-14-16)30-19-7-4-6-18(23)13-19/h2-10,12-14,26H,1,11,15H2,(H,24,27). The summed E-state index contributed by atoms with van der Waals surface area (Å²) in [5.74, 6) is -0.269. The molecule has 7 nitrogen and oxygen atoms in total. The number of sulfonamides is 1. The molecule has 0 fully saturated rings. The number of benzene rings is 2. The molecular formula is C22H20FN3O4S. The summed E-state index contributed by atoms with van der Waals surface area (Å²) in [7, 11) is -3.85. The Kier molecular flexibility index (Phi) is 7.11. The molecule has 0 bridgehead atoms. The molecule has 3 aromatic rings. The number of aromatic nitrogens is 1. The van der Waals surface area contributed by atoms with Crippen LogP contribution < -0.4 is 14.8 Å². The molecule has 31 heavy (non-hydrogen) atoms. The van der Waals surface area contributed by atoms with Gasteiger partial charge in [0.25, 0.3) is 5.91 Å². The number of halogens is 1. The van der Waals surface area contributed by atoms with Gasteiger partial charge in [-0.3, -0.25) is 4.79 Å². The van der Waals surface area contributed by atoms with E-state index in [1.807, 2.05) is 0 Å². The first-order valence-corrected chi connectivity index (χ1v) is 10.7. The highest BCUT2D eigenvalue weighted by Crippen LogP contribution is 2.20. The van der Waals surface area contributed by atoms with Crippen molar-refractivity contribution in [3.63, 3.8) is 0 Å². The van der Waals surface area contributed by atoms with Gasteiger partial charge in [0.15, 0.2) is 0 Å². The number of ether oxygens (including phenoxy) is 1. The minimum Gasteiger partial charge on any atom is -0.439 e. The van der Waals surface area contributed by atoms with Crippen LogP contribution in [0.3, 0.4) is 0 Å². The number of hydrogen-bond donors (Lipinski definition) is 2. The van der Waals surface area contributed by atoms with Crippen molar-refractivity contribution in [2.75, 3.05) is 6.54 Å². The number of amides is 1. The van der Waals surface area contributed by atoms with E-state index in [2.05, 4.69) is 21.6 Å². The molecule has 0 spiro atoms. The van der Waals surface area contributed by atoms with Gasteiger partial charge in [-0.25, -0.2) is 22.5 Å². The maximum absolute atomic E-state index is 13.2. The minimum atomic E-state index is -3.85. The summed E-state index contributed by atoms with van der Waals surface area (Å²) in [4.78, 5) is 16.1. The minimum absolute atomic E-state index is 0.0114. The van der Waals surface area contributed by atoms with Crippen LogP contribution in [-0.4, -0.2) is 25.9 Å². The fourth-order valence-corrected chi connectivity index (χ4v) is 3.62. The molecule has 0 aliphatic carbocycles. The van der Waals surface area contributed by atoms with E-state index in [4.69, 9.17) is 4.74 Å². The summed E-state index contributed by atoms with van der Waals surface area (Å²) in [6, 6.07) is 14.6. The Hall–Kier alpha value is -3.56. The number of carbonyl (C=O) groups is 1. The van der Waals surface area contributed by atoms with E-state index in [1.54, 1.807) is 18.2 Å². The van der Waals surface area contributed by atoms with Crippen molar-refractivity contribution in [3.05, 3.63) is 96.5 Å². The Labute approximate surface area is 179 Å². The zero-order valence-electron chi connectivity index (χ0n) is 16.4. The maximum Gasteiger partial charge on any atom is 0.251 e. The van der Waals surface area contributed by atoms with Crippen LogP contribution >= 0.6 is 0 Å². The molecule has 0 saturated heterocycles. The zero-order valence-corrected chi connectivity index (χ0v) is 17.2. The normalized spacial score (nSPS) is 11.0. The first-order chi connectivity index (χ1) is 14.9. The predicted molar refractivity (Wildman–Crippen MR) is 114 cm³/mol. The molecular weight excluding hydrogens is 421 g/mol. The van der Waals surface area contributed by atoms with Gasteiger partial charge in [0.2, 0.25) is 15.9 Å². The monoisotopic (exact) mass is 441 g/mol. The maximum atomic E-state index is 13.2. The lowest BCUT2D eigenvalue weighted by Crippen LogP contribution is -2.25. The molecule has 1 amide bonds. The SMILES string of the molecule is C=CCNC(=O)c1cccc(S(=O)(=O)NCc2ccc(Oc3cccc(F)c3)nc2)c1. The Morgan fingerprint density at radius 2 is 1.94 bits per heavy atom. The van der Waals surface area contributed by atoms with Gasteiger partial charge in [-0.1, -0.05) is 24.3 Å². The molecule has 0 atom stereocenters. The quantitative estimate of drug-likeness (QED) is 0.496. The van der Waals surface area contributed by atoms with Crippen LogP contribution in [0.5, 0.6) is 11.6 Å². The van der Waals surface area contributed by atoms with Crippen LogP contribution in [0.4, 0.5) is 4.39 Å². The van der Waals surface area contributed by atoms with E-state index < -0.39 is 21.7 Å². The van der Waals surface area contributed by atoms with Gasteiger partial charge in [0.05, 0.1) is 4.90 Å². The fourth-order valence-electron chi connectivity index (χ4n) is 2.56. The fraction of sp³-hybridized carbons (Fsp3) is 0.0909. The highest BCUT2D eigenvalue weighted by atomic mass is 32.2. The summed E-state index contributed by atoms with van der Waals surface area (Å²) in [6.45, 7) is 3.78. The average Bonchev–Trinajstić information content (AvgIpc) is 2.77. The molecule has 9 heteroatoms. The topological polar surface area (TPSA) is 97.4 Å². The van der Waals surface area contributed by atoms with Gasteiger partial charge in [0, 0.05) is 37.0 Å². The first kappa shape index (κ1) is 22.1. The third-order valence-corrected chi connectivity index (χ3v) is 5.49. The van der Waals surface area contributed by atoms with E-state index in [-0.39, 0.29) is 29.4 Å². The molecule has 1 aromatic heterocycles. The van der Waals surface area contributed by atoms with Gasteiger partial charge in [-0.05, 0) is 35.9 Å². The lowest BCUT2D eigenvalue weighted by atomic mass is 10.2. The lowest BCUT2D eigenvalue weighted by Gasteiger charge is -2.09. The summed E-state index contributed by atoms with van der Waals surface area (Å²) < 4.78 is 46.3. The number of hydrogen-bond acceptors (Lipinski definition) is 5. The Bertz CT molecular complexity index is 1180. The van der Waals surface area contributed by atoms with Gasteiger partial charge in [-0.2, -0.15) is 0 Å². The van der Waals surface area contributed by atoms with E-state index in [0.29, 0.717) is 11.3 Å². The molecule has 0 unspecified atom stereocenters. The van der Waals surface area contributed by atoms with Crippen LogP contribution in [0, 0.1) is 5.82 Å². The van der Waals surface area contributed by atoms with E-state index >= 15 is 0 Å². The zero-order chi connectivity index (χ0) is 22.3. The van der Waals surface area contributed by atoms with Gasteiger partial charge >= 0.3 is 0 Å². The van der Waals surface area contributed by atoms with Crippen LogP contribution in [0.2, 0.25) is 0 Å². The average molecular weight is 441 g/mol. The number of nitrogens with one attached hydrogen (secondary N) is 2. The van der Waals surface area contributed by atoms with Crippen molar-refractivity contribution >= 4 is 15.9 Å². The van der Waals surface area contributed by atoms with Crippen molar-refractivity contribution in [2.45, 2.75) is 11.4 Å². The molecule has 2 N–H and O–H groups in total. The summed E-state index contributed by atoms with van der Waals surface area (Å²) in [5, 5.41) is 2.60. The lowest BCUT2D eigenvalue weighted by molar-refractivity contribution is 0.0958. The van der Waals surface area contributed by atoms with Gasteiger partial charge in [-0.15, -0.1) is 6.58 Å². The molecule has 2 aromatic carbocycles. The van der Waals surface area contributed by atoms with Crippen LogP contribution in [0.25, 0.3) is 0 Å². The second-order valence-corrected chi connectivity index (χ2v) is 8.18. The van der Waals surface area contributed by atoms with Crippen LogP contribution in [-0.2, 0) is 16.6 Å². The Morgan fingerprint density at radius 3 is 2.65 bits per heavy atom. The first-order valence-electron chi connectivity index (χ1n) is 9.24. The summed E-state index contributed by atoms with van der Waals surface area (Å²) in [6.07, 6.45) is 2.98. The van der Waals surface area contributed by atoms with Crippen molar-refractivity contribution in [1.29, 1.82) is 0 Å². The van der Waals surface area contributed by atoms with Crippen LogP contribution in [0.15, 0.2) is 84.4 Å². The third kappa shape index (κ3) is 6.21. The van der Waals surface area contributed by atoms with Crippen molar-refractivity contribution in [3.8, 4) is 11.6 Å². The molecule has 3 rings (SSSR count). The largest absolute Gasteiger partial charge is 0.439 e. The van der Waals surface area contributed by atoms with E-state index in [0.717, 1.165) is 0 Å². The van der Waals surface area contributed by atoms with Gasteiger partial charge in [0.1, 0.15) is 11.6 Å². The molecule has 0 radical (unpaired) electrons. The number of carbonyl (C=O) groups excluding carboxylic acids is 1. The Morgan fingerprint density at radius 1 is 1.13 bits per heavy atom. The van der Waals surface area contributed by atoms with Crippen molar-refractivity contribution in [1.82, 2.24) is 15.0 Å². The van der Waals surface area contributed by atoms with Crippen molar-refractivity contribution < 1.29 is 22.3 Å². The summed E-state index contributed by atoms with van der Waals surface area (Å²) >= 11 is 0. The molecule has 1 heterocycles. The Balaban J connectivity index is 1.63. The van der Waals surface area contributed by atoms with Crippen LogP contribution in [0.1, 0.15) is 15.9 Å². The highest BCUT2D eigenvalue weighted by molar-refractivity contribution is 7.89. The molecule has 0 aliphatic rings. The molecule has 0 aliphatic heterocycles. The molecule has 0 saturated carbocycles. The van der Waals surface area contributed by atoms with E-state index in [9.17, 15) is 17.6 Å². The molecule has 160 valence electrons. The summed E-state index contributed by atoms with van der Waals surface area (Å²) in [5.41, 5.74) is 0.820.